The number of fused-ring (bicyclic) bond motifs is 1. The van der Waals surface area contributed by atoms with E-state index in [-0.39, 0.29) is 23.1 Å². The summed E-state index contributed by atoms with van der Waals surface area (Å²) in [7, 11) is 0. The summed E-state index contributed by atoms with van der Waals surface area (Å²) in [6, 6.07) is 14.2. The lowest BCUT2D eigenvalue weighted by atomic mass is 9.66. The molecule has 2 atom stereocenters. The van der Waals surface area contributed by atoms with Crippen molar-refractivity contribution in [2.24, 2.45) is 16.3 Å². The normalized spacial score (nSPS) is 23.6. The molecule has 2 aliphatic rings. The first kappa shape index (κ1) is 19.6. The Hall–Kier alpha value is -2.75. The van der Waals surface area contributed by atoms with Gasteiger partial charge >= 0.3 is 5.97 Å². The number of hydrogen-bond donors (Lipinski definition) is 0. The second kappa shape index (κ2) is 7.25. The first-order valence-electron chi connectivity index (χ1n) is 10.3. The highest BCUT2D eigenvalue weighted by molar-refractivity contribution is 6.10. The summed E-state index contributed by atoms with van der Waals surface area (Å²) < 4.78 is 5.42. The number of esters is 1. The molecule has 150 valence electrons. The van der Waals surface area contributed by atoms with Crippen molar-refractivity contribution in [3.63, 3.8) is 0 Å². The maximum absolute atomic E-state index is 13.3. The van der Waals surface area contributed by atoms with Gasteiger partial charge in [0.05, 0.1) is 6.61 Å². The highest BCUT2D eigenvalue weighted by Crippen LogP contribution is 2.49. The molecule has 0 N–H and O–H groups in total. The smallest absolute Gasteiger partial charge is 0.315 e. The number of hydrogen-bond acceptors (Lipinski definition) is 4. The molecule has 0 aromatic heterocycles. The molecule has 4 rings (SSSR count). The van der Waals surface area contributed by atoms with Crippen LogP contribution in [0.3, 0.4) is 0 Å². The van der Waals surface area contributed by atoms with E-state index in [9.17, 15) is 9.59 Å². The number of ether oxygens (including phenoxy) is 1. The molecule has 0 amide bonds. The van der Waals surface area contributed by atoms with Crippen molar-refractivity contribution in [3.8, 4) is 0 Å². The molecule has 1 aliphatic heterocycles. The summed E-state index contributed by atoms with van der Waals surface area (Å²) in [5.74, 6) is -1.16. The molecular formula is C25H27NO3. The van der Waals surface area contributed by atoms with Crippen LogP contribution < -0.4 is 0 Å². The first-order chi connectivity index (χ1) is 13.8. The van der Waals surface area contributed by atoms with Gasteiger partial charge in [-0.15, -0.1) is 0 Å². The molecule has 0 radical (unpaired) electrons. The average molecular weight is 389 g/mol. The monoisotopic (exact) mass is 389 g/mol. The van der Waals surface area contributed by atoms with Crippen molar-refractivity contribution in [2.45, 2.75) is 46.5 Å². The van der Waals surface area contributed by atoms with Gasteiger partial charge in [0.15, 0.2) is 5.78 Å². The van der Waals surface area contributed by atoms with Crippen molar-refractivity contribution in [2.75, 3.05) is 6.61 Å². The SMILES string of the molecule is CCOC(=O)C1C(C)=NC2=C(C(=O)CC(C)(C)C2)[C@@H]1c1cccc2ccccc12. The molecule has 1 unspecified atom stereocenters. The number of nitrogens with zero attached hydrogens (tertiary/aromatic N) is 1. The molecule has 1 aliphatic carbocycles. The minimum absolute atomic E-state index is 0.0970. The van der Waals surface area contributed by atoms with Crippen LogP contribution >= 0.6 is 0 Å². The van der Waals surface area contributed by atoms with E-state index in [1.54, 1.807) is 6.92 Å². The van der Waals surface area contributed by atoms with Gasteiger partial charge in [0, 0.05) is 29.3 Å². The molecule has 2 aromatic rings. The Morgan fingerprint density at radius 2 is 1.86 bits per heavy atom. The molecule has 1 heterocycles. The highest BCUT2D eigenvalue weighted by Gasteiger charge is 2.46. The van der Waals surface area contributed by atoms with E-state index in [2.05, 4.69) is 32.0 Å². The van der Waals surface area contributed by atoms with Gasteiger partial charge in [-0.05, 0) is 42.0 Å². The van der Waals surface area contributed by atoms with Crippen LogP contribution in [0.15, 0.2) is 58.7 Å². The first-order valence-corrected chi connectivity index (χ1v) is 10.3. The number of allylic oxidation sites excluding steroid dienone is 2. The number of rotatable bonds is 3. The minimum atomic E-state index is -0.579. The molecule has 4 heteroatoms. The summed E-state index contributed by atoms with van der Waals surface area (Å²) in [5.41, 5.74) is 3.13. The zero-order valence-electron chi connectivity index (χ0n) is 17.5. The fraction of sp³-hybridized carbons (Fsp3) is 0.400. The molecular weight excluding hydrogens is 362 g/mol. The standard InChI is InChI=1S/C25H27NO3/c1-5-29-24(28)21-15(2)26-19-13-25(3,4)14-20(27)23(19)22(21)18-12-8-10-16-9-6-7-11-17(16)18/h6-12,21-22H,5,13-14H2,1-4H3/t21?,22-/m1/s1. The molecule has 2 aromatic carbocycles. The second-order valence-corrected chi connectivity index (χ2v) is 8.83. The lowest BCUT2D eigenvalue weighted by Gasteiger charge is -2.39. The van der Waals surface area contributed by atoms with E-state index in [0.29, 0.717) is 18.6 Å². The molecule has 0 bridgehead atoms. The average Bonchev–Trinajstić information content (AvgIpc) is 2.65. The third kappa shape index (κ3) is 3.41. The van der Waals surface area contributed by atoms with Crippen LogP contribution in [0.5, 0.6) is 0 Å². The Morgan fingerprint density at radius 1 is 1.14 bits per heavy atom. The lowest BCUT2D eigenvalue weighted by molar-refractivity contribution is -0.146. The largest absolute Gasteiger partial charge is 0.465 e. The third-order valence-corrected chi connectivity index (χ3v) is 6.00. The number of benzene rings is 2. The Bertz CT molecular complexity index is 1060. The Balaban J connectivity index is 1.97. The van der Waals surface area contributed by atoms with E-state index < -0.39 is 5.92 Å². The van der Waals surface area contributed by atoms with Gasteiger partial charge in [-0.3, -0.25) is 14.6 Å². The van der Waals surface area contributed by atoms with Crippen LogP contribution in [0, 0.1) is 11.3 Å². The number of aliphatic imine (C=N–C) groups is 1. The van der Waals surface area contributed by atoms with Crippen molar-refractivity contribution < 1.29 is 14.3 Å². The number of carbonyl (C=O) groups is 2. The Labute approximate surface area is 171 Å². The Morgan fingerprint density at radius 3 is 2.62 bits per heavy atom. The molecule has 4 nitrogen and oxygen atoms in total. The van der Waals surface area contributed by atoms with Gasteiger partial charge in [0.25, 0.3) is 0 Å². The summed E-state index contributed by atoms with van der Waals surface area (Å²) in [6.07, 6.45) is 1.21. The maximum Gasteiger partial charge on any atom is 0.315 e. The molecule has 0 saturated heterocycles. The summed E-state index contributed by atoms with van der Waals surface area (Å²) in [4.78, 5) is 31.1. The number of ketones is 1. The molecule has 0 fully saturated rings. The zero-order valence-corrected chi connectivity index (χ0v) is 17.5. The highest BCUT2D eigenvalue weighted by atomic mass is 16.5. The third-order valence-electron chi connectivity index (χ3n) is 6.00. The quantitative estimate of drug-likeness (QED) is 0.676. The van der Waals surface area contributed by atoms with Crippen LogP contribution in [-0.4, -0.2) is 24.1 Å². The van der Waals surface area contributed by atoms with E-state index in [0.717, 1.165) is 34.2 Å². The van der Waals surface area contributed by atoms with E-state index in [4.69, 9.17) is 9.73 Å². The zero-order chi connectivity index (χ0) is 20.8. The van der Waals surface area contributed by atoms with Gasteiger partial charge in [0.2, 0.25) is 0 Å². The van der Waals surface area contributed by atoms with Crippen molar-refractivity contribution in [3.05, 3.63) is 59.3 Å². The second-order valence-electron chi connectivity index (χ2n) is 8.83. The van der Waals surface area contributed by atoms with Gasteiger partial charge in [-0.1, -0.05) is 56.3 Å². The van der Waals surface area contributed by atoms with Crippen LogP contribution in [0.1, 0.15) is 52.0 Å². The van der Waals surface area contributed by atoms with Crippen LogP contribution in [0.25, 0.3) is 10.8 Å². The topological polar surface area (TPSA) is 55.7 Å². The van der Waals surface area contributed by atoms with E-state index in [1.165, 1.54) is 0 Å². The summed E-state index contributed by atoms with van der Waals surface area (Å²) in [6.45, 7) is 8.19. The summed E-state index contributed by atoms with van der Waals surface area (Å²) >= 11 is 0. The Kier molecular flexibility index (Phi) is 4.89. The predicted octanol–water partition coefficient (Wildman–Crippen LogP) is 5.22. The van der Waals surface area contributed by atoms with Gasteiger partial charge in [0.1, 0.15) is 5.92 Å². The van der Waals surface area contributed by atoms with Gasteiger partial charge in [-0.25, -0.2) is 0 Å². The van der Waals surface area contributed by atoms with Crippen LogP contribution in [0.2, 0.25) is 0 Å². The van der Waals surface area contributed by atoms with Crippen LogP contribution in [0.4, 0.5) is 0 Å². The van der Waals surface area contributed by atoms with E-state index >= 15 is 0 Å². The van der Waals surface area contributed by atoms with Crippen molar-refractivity contribution in [1.82, 2.24) is 0 Å². The number of carbonyl (C=O) groups excluding carboxylic acids is 2. The van der Waals surface area contributed by atoms with Crippen LogP contribution in [-0.2, 0) is 14.3 Å². The number of Topliss-reactive ketones (excluding diaryl/α,β-unsaturated/α-hetero) is 1. The predicted molar refractivity (Wildman–Crippen MR) is 115 cm³/mol. The fourth-order valence-electron chi connectivity index (χ4n) is 4.84. The molecule has 29 heavy (non-hydrogen) atoms. The van der Waals surface area contributed by atoms with Gasteiger partial charge in [-0.2, -0.15) is 0 Å². The minimum Gasteiger partial charge on any atom is -0.465 e. The van der Waals surface area contributed by atoms with Crippen molar-refractivity contribution in [1.29, 1.82) is 0 Å². The van der Waals surface area contributed by atoms with E-state index in [1.807, 2.05) is 31.2 Å². The summed E-state index contributed by atoms with van der Waals surface area (Å²) in [5, 5.41) is 2.16. The molecule has 0 saturated carbocycles. The van der Waals surface area contributed by atoms with Gasteiger partial charge < -0.3 is 4.74 Å². The maximum atomic E-state index is 13.3. The lowest BCUT2D eigenvalue weighted by Crippen LogP contribution is -2.39. The molecule has 0 spiro atoms. The fourth-order valence-corrected chi connectivity index (χ4v) is 4.84. The van der Waals surface area contributed by atoms with Crippen molar-refractivity contribution >= 4 is 28.2 Å².